The number of rotatable bonds is 2. The molecule has 0 heterocycles. The van der Waals surface area contributed by atoms with Gasteiger partial charge in [0.2, 0.25) is 0 Å². The monoisotopic (exact) mass is 150 g/mol. The fraction of sp³-hybridized carbons (Fsp3) is 0.556. The van der Waals surface area contributed by atoms with Gasteiger partial charge in [-0.3, -0.25) is 5.84 Å². The molecule has 2 aliphatic rings. The lowest BCUT2D eigenvalue weighted by molar-refractivity contribution is 0.592. The van der Waals surface area contributed by atoms with Crippen molar-refractivity contribution in [2.45, 2.75) is 31.2 Å². The van der Waals surface area contributed by atoms with Crippen molar-refractivity contribution >= 4 is 0 Å². The van der Waals surface area contributed by atoms with E-state index in [1.807, 2.05) is 0 Å². The first-order chi connectivity index (χ1) is 5.37. The summed E-state index contributed by atoms with van der Waals surface area (Å²) in [6, 6.07) is 0. The Hall–Kier alpha value is -0.600. The first-order valence-electron chi connectivity index (χ1n) is 4.22. The van der Waals surface area contributed by atoms with Gasteiger partial charge in [-0.15, -0.1) is 0 Å². The van der Waals surface area contributed by atoms with Gasteiger partial charge in [-0.1, -0.05) is 18.2 Å². The van der Waals surface area contributed by atoms with Gasteiger partial charge < -0.3 is 0 Å². The van der Waals surface area contributed by atoms with Crippen molar-refractivity contribution in [2.75, 3.05) is 0 Å². The Balaban J connectivity index is 2.15. The predicted molar refractivity (Wildman–Crippen MR) is 45.7 cm³/mol. The van der Waals surface area contributed by atoms with Crippen molar-refractivity contribution in [1.82, 2.24) is 5.43 Å². The number of hydrazine groups is 1. The molecule has 0 saturated heterocycles. The lowest BCUT2D eigenvalue weighted by Crippen LogP contribution is -2.38. The molecule has 0 amide bonds. The number of hydrogen-bond donors (Lipinski definition) is 2. The third-order valence-electron chi connectivity index (χ3n) is 2.57. The summed E-state index contributed by atoms with van der Waals surface area (Å²) in [5, 5.41) is 0. The van der Waals surface area contributed by atoms with Crippen LogP contribution in [0.2, 0.25) is 0 Å². The molecule has 3 N–H and O–H groups in total. The standard InChI is InChI=1S/C9H14N2/c10-11-9(6-7-9)8-4-2-1-3-5-8/h2,4-5,11H,1,3,6-7,10H2. The summed E-state index contributed by atoms with van der Waals surface area (Å²) in [6.45, 7) is 0. The third kappa shape index (κ3) is 1.12. The van der Waals surface area contributed by atoms with Crippen LogP contribution < -0.4 is 11.3 Å². The van der Waals surface area contributed by atoms with Crippen LogP contribution in [0, 0.1) is 0 Å². The highest BCUT2D eigenvalue weighted by Crippen LogP contribution is 2.42. The van der Waals surface area contributed by atoms with Gasteiger partial charge in [-0.05, 0) is 31.3 Å². The molecule has 0 bridgehead atoms. The third-order valence-corrected chi connectivity index (χ3v) is 2.57. The Morgan fingerprint density at radius 3 is 2.64 bits per heavy atom. The molecule has 60 valence electrons. The molecule has 0 aliphatic heterocycles. The number of hydrogen-bond acceptors (Lipinski definition) is 2. The minimum absolute atomic E-state index is 0.164. The van der Waals surface area contributed by atoms with Gasteiger partial charge in [0.1, 0.15) is 0 Å². The number of nitrogens with one attached hydrogen (secondary N) is 1. The molecule has 1 fully saturated rings. The summed E-state index contributed by atoms with van der Waals surface area (Å²) in [4.78, 5) is 0. The fourth-order valence-electron chi connectivity index (χ4n) is 1.61. The molecule has 0 aromatic carbocycles. The minimum atomic E-state index is 0.164. The average Bonchev–Trinajstić information content (AvgIpc) is 2.86. The van der Waals surface area contributed by atoms with Crippen molar-refractivity contribution in [3.63, 3.8) is 0 Å². The normalized spacial score (nSPS) is 26.5. The summed E-state index contributed by atoms with van der Waals surface area (Å²) in [6.07, 6.45) is 11.5. The second-order valence-electron chi connectivity index (χ2n) is 3.37. The second kappa shape index (κ2) is 2.47. The Bertz CT molecular complexity index is 212. The van der Waals surface area contributed by atoms with E-state index in [1.165, 1.54) is 31.3 Å². The molecule has 0 aromatic rings. The van der Waals surface area contributed by atoms with Gasteiger partial charge >= 0.3 is 0 Å². The molecule has 2 nitrogen and oxygen atoms in total. The van der Waals surface area contributed by atoms with Crippen molar-refractivity contribution < 1.29 is 0 Å². The van der Waals surface area contributed by atoms with Crippen molar-refractivity contribution in [2.24, 2.45) is 5.84 Å². The summed E-state index contributed by atoms with van der Waals surface area (Å²) < 4.78 is 0. The Labute approximate surface area is 67.1 Å². The molecule has 2 rings (SSSR count). The van der Waals surface area contributed by atoms with Gasteiger partial charge in [0.15, 0.2) is 0 Å². The molecular weight excluding hydrogens is 136 g/mol. The van der Waals surface area contributed by atoms with Crippen molar-refractivity contribution in [3.05, 3.63) is 23.8 Å². The SMILES string of the molecule is NNC1(C2=CCCC=C2)CC1. The average molecular weight is 150 g/mol. The van der Waals surface area contributed by atoms with Crippen LogP contribution in [-0.4, -0.2) is 5.54 Å². The summed E-state index contributed by atoms with van der Waals surface area (Å²) in [5.74, 6) is 5.47. The molecular formula is C9H14N2. The van der Waals surface area contributed by atoms with Gasteiger partial charge in [-0.25, -0.2) is 5.43 Å². The molecule has 0 atom stereocenters. The fourth-order valence-corrected chi connectivity index (χ4v) is 1.61. The highest BCUT2D eigenvalue weighted by molar-refractivity contribution is 5.38. The highest BCUT2D eigenvalue weighted by Gasteiger charge is 2.44. The zero-order chi connectivity index (χ0) is 7.73. The Morgan fingerprint density at radius 1 is 1.36 bits per heavy atom. The van der Waals surface area contributed by atoms with E-state index < -0.39 is 0 Å². The van der Waals surface area contributed by atoms with Gasteiger partial charge in [0, 0.05) is 0 Å². The predicted octanol–water partition coefficient (Wildman–Crippen LogP) is 1.26. The van der Waals surface area contributed by atoms with E-state index in [0.29, 0.717) is 0 Å². The van der Waals surface area contributed by atoms with E-state index in [2.05, 4.69) is 23.7 Å². The quantitative estimate of drug-likeness (QED) is 0.459. The van der Waals surface area contributed by atoms with Crippen LogP contribution in [0.1, 0.15) is 25.7 Å². The van der Waals surface area contributed by atoms with Crippen LogP contribution in [0.5, 0.6) is 0 Å². The van der Waals surface area contributed by atoms with Crippen molar-refractivity contribution in [1.29, 1.82) is 0 Å². The smallest absolute Gasteiger partial charge is 0.0568 e. The Morgan fingerprint density at radius 2 is 2.18 bits per heavy atom. The van der Waals surface area contributed by atoms with Gasteiger partial charge in [0.25, 0.3) is 0 Å². The van der Waals surface area contributed by atoms with Gasteiger partial charge in [-0.2, -0.15) is 0 Å². The summed E-state index contributed by atoms with van der Waals surface area (Å²) in [7, 11) is 0. The maximum Gasteiger partial charge on any atom is 0.0568 e. The van der Waals surface area contributed by atoms with Crippen LogP contribution in [0.25, 0.3) is 0 Å². The van der Waals surface area contributed by atoms with E-state index in [0.717, 1.165) is 0 Å². The van der Waals surface area contributed by atoms with Crippen LogP contribution in [0.3, 0.4) is 0 Å². The number of nitrogens with two attached hydrogens (primary N) is 1. The zero-order valence-corrected chi connectivity index (χ0v) is 6.64. The van der Waals surface area contributed by atoms with E-state index in [9.17, 15) is 0 Å². The molecule has 0 spiro atoms. The first kappa shape index (κ1) is 7.07. The molecule has 1 saturated carbocycles. The Kier molecular flexibility index (Phi) is 1.59. The van der Waals surface area contributed by atoms with Crippen LogP contribution in [0.15, 0.2) is 23.8 Å². The zero-order valence-electron chi connectivity index (χ0n) is 6.64. The molecule has 11 heavy (non-hydrogen) atoms. The van der Waals surface area contributed by atoms with Crippen LogP contribution in [-0.2, 0) is 0 Å². The molecule has 0 aromatic heterocycles. The lowest BCUT2D eigenvalue weighted by atomic mass is 9.99. The first-order valence-corrected chi connectivity index (χ1v) is 4.22. The molecule has 0 radical (unpaired) electrons. The topological polar surface area (TPSA) is 38.0 Å². The van der Waals surface area contributed by atoms with E-state index in [-0.39, 0.29) is 5.54 Å². The lowest BCUT2D eigenvalue weighted by Gasteiger charge is -2.17. The maximum atomic E-state index is 5.47. The summed E-state index contributed by atoms with van der Waals surface area (Å²) in [5.41, 5.74) is 4.46. The largest absolute Gasteiger partial charge is 0.271 e. The van der Waals surface area contributed by atoms with Crippen molar-refractivity contribution in [3.8, 4) is 0 Å². The van der Waals surface area contributed by atoms with Crippen LogP contribution in [0.4, 0.5) is 0 Å². The van der Waals surface area contributed by atoms with Crippen LogP contribution >= 0.6 is 0 Å². The number of allylic oxidation sites excluding steroid dienone is 2. The molecule has 2 aliphatic carbocycles. The highest BCUT2D eigenvalue weighted by atomic mass is 15.3. The molecule has 2 heteroatoms. The minimum Gasteiger partial charge on any atom is -0.271 e. The summed E-state index contributed by atoms with van der Waals surface area (Å²) >= 11 is 0. The molecule has 0 unspecified atom stereocenters. The van der Waals surface area contributed by atoms with E-state index in [4.69, 9.17) is 5.84 Å². The van der Waals surface area contributed by atoms with E-state index >= 15 is 0 Å². The van der Waals surface area contributed by atoms with E-state index in [1.54, 1.807) is 0 Å². The second-order valence-corrected chi connectivity index (χ2v) is 3.37. The van der Waals surface area contributed by atoms with Gasteiger partial charge in [0.05, 0.1) is 5.54 Å². The maximum absolute atomic E-state index is 5.47.